The largest absolute Gasteiger partial charge is 0.355 e. The first kappa shape index (κ1) is 21.0. The van der Waals surface area contributed by atoms with Crippen LogP contribution in [0.15, 0.2) is 83.9 Å². The van der Waals surface area contributed by atoms with Crippen molar-refractivity contribution >= 4 is 22.7 Å². The molecule has 0 aliphatic heterocycles. The number of hydrogen-bond donors (Lipinski definition) is 1. The Hall–Kier alpha value is -4.26. The second-order valence-electron chi connectivity index (χ2n) is 7.42. The molecule has 160 valence electrons. The normalized spacial score (nSPS) is 10.7. The van der Waals surface area contributed by atoms with Gasteiger partial charge in [0.2, 0.25) is 0 Å². The van der Waals surface area contributed by atoms with Crippen LogP contribution < -0.4 is 10.9 Å². The van der Waals surface area contributed by atoms with Gasteiger partial charge in [0.25, 0.3) is 17.4 Å². The molecular formula is C25H22N4O3. The summed E-state index contributed by atoms with van der Waals surface area (Å²) >= 11 is 0. The van der Waals surface area contributed by atoms with Gasteiger partial charge in [0, 0.05) is 31.8 Å². The Morgan fingerprint density at radius 1 is 0.938 bits per heavy atom. The Balaban J connectivity index is 1.50. The molecule has 0 saturated carbocycles. The van der Waals surface area contributed by atoms with E-state index in [-0.39, 0.29) is 17.4 Å². The molecule has 0 radical (unpaired) electrons. The van der Waals surface area contributed by atoms with Gasteiger partial charge in [-0.15, -0.1) is 0 Å². The third kappa shape index (κ3) is 4.13. The predicted molar refractivity (Wildman–Crippen MR) is 123 cm³/mol. The number of amides is 2. The van der Waals surface area contributed by atoms with Gasteiger partial charge in [-0.25, -0.2) is 4.98 Å². The molecule has 0 aliphatic rings. The van der Waals surface area contributed by atoms with Crippen molar-refractivity contribution in [2.45, 2.75) is 6.54 Å². The number of nitrogens with one attached hydrogen (secondary N) is 1. The van der Waals surface area contributed by atoms with Crippen molar-refractivity contribution < 1.29 is 9.59 Å². The van der Waals surface area contributed by atoms with E-state index in [9.17, 15) is 14.4 Å². The minimum atomic E-state index is -0.160. The summed E-state index contributed by atoms with van der Waals surface area (Å²) in [7, 11) is 3.31. The van der Waals surface area contributed by atoms with Gasteiger partial charge in [-0.1, -0.05) is 24.3 Å². The van der Waals surface area contributed by atoms with Crippen LogP contribution in [0.2, 0.25) is 0 Å². The maximum atomic E-state index is 12.8. The molecule has 4 rings (SSSR count). The van der Waals surface area contributed by atoms with Crippen LogP contribution in [0.25, 0.3) is 16.6 Å². The Morgan fingerprint density at radius 3 is 2.28 bits per heavy atom. The maximum Gasteiger partial charge on any atom is 0.265 e. The molecule has 0 atom stereocenters. The van der Waals surface area contributed by atoms with Crippen molar-refractivity contribution in [2.75, 3.05) is 14.1 Å². The summed E-state index contributed by atoms with van der Waals surface area (Å²) in [5.74, 6) is -0.294. The summed E-state index contributed by atoms with van der Waals surface area (Å²) in [4.78, 5) is 43.2. The molecule has 0 unspecified atom stereocenters. The highest BCUT2D eigenvalue weighted by Gasteiger charge is 2.13. The fraction of sp³-hybridized carbons (Fsp3) is 0.120. The third-order valence-corrected chi connectivity index (χ3v) is 5.27. The Bertz CT molecular complexity index is 1340. The summed E-state index contributed by atoms with van der Waals surface area (Å²) in [6.07, 6.45) is 1.50. The van der Waals surface area contributed by atoms with Crippen molar-refractivity contribution in [1.82, 2.24) is 19.8 Å². The first-order valence-electron chi connectivity index (χ1n) is 10.1. The lowest BCUT2D eigenvalue weighted by molar-refractivity contribution is 0.0784. The standard InChI is InChI=1S/C25H22N4O3/c1-26-23(30)18-9-7-17(8-10-18)15-28(2)24(31)19-11-13-20(14-12-19)29-16-27-22-6-4-3-5-21(22)25(29)32/h3-14,16H,15H2,1-2H3,(H,26,30). The van der Waals surface area contributed by atoms with E-state index in [1.165, 1.54) is 10.9 Å². The van der Waals surface area contributed by atoms with E-state index >= 15 is 0 Å². The first-order chi connectivity index (χ1) is 15.5. The van der Waals surface area contributed by atoms with Crippen LogP contribution in [-0.2, 0) is 6.54 Å². The molecule has 0 aliphatic carbocycles. The third-order valence-electron chi connectivity index (χ3n) is 5.27. The average Bonchev–Trinajstić information content (AvgIpc) is 2.84. The minimum absolute atomic E-state index is 0.143. The molecule has 1 heterocycles. The Morgan fingerprint density at radius 2 is 1.59 bits per heavy atom. The molecule has 0 bridgehead atoms. The summed E-state index contributed by atoms with van der Waals surface area (Å²) in [5, 5.41) is 3.12. The highest BCUT2D eigenvalue weighted by molar-refractivity contribution is 5.95. The van der Waals surface area contributed by atoms with Gasteiger partial charge in [-0.05, 0) is 54.1 Å². The van der Waals surface area contributed by atoms with Gasteiger partial charge < -0.3 is 10.2 Å². The fourth-order valence-electron chi connectivity index (χ4n) is 3.49. The molecule has 1 aromatic heterocycles. The van der Waals surface area contributed by atoms with Crippen LogP contribution in [0.1, 0.15) is 26.3 Å². The number of hydrogen-bond acceptors (Lipinski definition) is 4. The molecule has 3 aromatic carbocycles. The summed E-state index contributed by atoms with van der Waals surface area (Å²) in [5.41, 5.74) is 3.12. The average molecular weight is 426 g/mol. The van der Waals surface area contributed by atoms with Crippen LogP contribution in [-0.4, -0.2) is 40.4 Å². The minimum Gasteiger partial charge on any atom is -0.355 e. The van der Waals surface area contributed by atoms with Crippen molar-refractivity contribution in [3.8, 4) is 5.69 Å². The summed E-state index contributed by atoms with van der Waals surface area (Å²) in [6, 6.07) is 21.2. The van der Waals surface area contributed by atoms with Crippen molar-refractivity contribution in [3.63, 3.8) is 0 Å². The summed E-state index contributed by atoms with van der Waals surface area (Å²) < 4.78 is 1.47. The zero-order valence-electron chi connectivity index (χ0n) is 17.8. The summed E-state index contributed by atoms with van der Waals surface area (Å²) in [6.45, 7) is 0.405. The predicted octanol–water partition coefficient (Wildman–Crippen LogP) is 3.02. The number of aromatic nitrogens is 2. The molecule has 0 fully saturated rings. The van der Waals surface area contributed by atoms with Gasteiger partial charge >= 0.3 is 0 Å². The number of benzene rings is 3. The molecule has 32 heavy (non-hydrogen) atoms. The van der Waals surface area contributed by atoms with Gasteiger partial charge in [-0.2, -0.15) is 0 Å². The highest BCUT2D eigenvalue weighted by Crippen LogP contribution is 2.14. The highest BCUT2D eigenvalue weighted by atomic mass is 16.2. The maximum absolute atomic E-state index is 12.8. The number of rotatable bonds is 5. The van der Waals surface area contributed by atoms with E-state index in [0.29, 0.717) is 34.3 Å². The van der Waals surface area contributed by atoms with Crippen LogP contribution >= 0.6 is 0 Å². The molecule has 0 saturated heterocycles. The number of para-hydroxylation sites is 1. The van der Waals surface area contributed by atoms with Crippen LogP contribution in [0.4, 0.5) is 0 Å². The van der Waals surface area contributed by atoms with Gasteiger partial charge in [0.1, 0.15) is 6.33 Å². The Kier molecular flexibility index (Phi) is 5.81. The smallest absolute Gasteiger partial charge is 0.265 e. The SMILES string of the molecule is CNC(=O)c1ccc(CN(C)C(=O)c2ccc(-n3cnc4ccccc4c3=O)cc2)cc1. The monoisotopic (exact) mass is 426 g/mol. The molecule has 4 aromatic rings. The number of carbonyl (C=O) groups excluding carboxylic acids is 2. The zero-order chi connectivity index (χ0) is 22.7. The molecule has 7 heteroatoms. The molecular weight excluding hydrogens is 404 g/mol. The van der Waals surface area contributed by atoms with Gasteiger partial charge in [0.05, 0.1) is 16.6 Å². The Labute approximate surface area is 184 Å². The topological polar surface area (TPSA) is 84.3 Å². The lowest BCUT2D eigenvalue weighted by Gasteiger charge is -2.18. The zero-order valence-corrected chi connectivity index (χ0v) is 17.8. The van der Waals surface area contributed by atoms with E-state index in [0.717, 1.165) is 5.56 Å². The van der Waals surface area contributed by atoms with Gasteiger partial charge in [-0.3, -0.25) is 19.0 Å². The van der Waals surface area contributed by atoms with E-state index in [1.54, 1.807) is 73.6 Å². The van der Waals surface area contributed by atoms with E-state index in [1.807, 2.05) is 18.2 Å². The second kappa shape index (κ2) is 8.85. The van der Waals surface area contributed by atoms with E-state index in [2.05, 4.69) is 10.3 Å². The van der Waals surface area contributed by atoms with Crippen molar-refractivity contribution in [2.24, 2.45) is 0 Å². The van der Waals surface area contributed by atoms with Crippen LogP contribution in [0.3, 0.4) is 0 Å². The number of nitrogens with zero attached hydrogens (tertiary/aromatic N) is 3. The quantitative estimate of drug-likeness (QED) is 0.532. The molecule has 1 N–H and O–H groups in total. The van der Waals surface area contributed by atoms with Gasteiger partial charge in [0.15, 0.2) is 0 Å². The van der Waals surface area contributed by atoms with Crippen molar-refractivity contribution in [3.05, 3.63) is 106 Å². The lowest BCUT2D eigenvalue weighted by Crippen LogP contribution is -2.26. The van der Waals surface area contributed by atoms with Crippen molar-refractivity contribution in [1.29, 1.82) is 0 Å². The molecule has 7 nitrogen and oxygen atoms in total. The molecule has 2 amide bonds. The second-order valence-corrected chi connectivity index (χ2v) is 7.42. The van der Waals surface area contributed by atoms with Crippen LogP contribution in [0.5, 0.6) is 0 Å². The number of fused-ring (bicyclic) bond motifs is 1. The number of carbonyl (C=O) groups is 2. The lowest BCUT2D eigenvalue weighted by atomic mass is 10.1. The van der Waals surface area contributed by atoms with E-state index in [4.69, 9.17) is 0 Å². The molecule has 0 spiro atoms. The fourth-order valence-corrected chi connectivity index (χ4v) is 3.49. The first-order valence-corrected chi connectivity index (χ1v) is 10.1. The van der Waals surface area contributed by atoms with Crippen LogP contribution in [0, 0.1) is 0 Å². The van der Waals surface area contributed by atoms with E-state index < -0.39 is 0 Å².